The topological polar surface area (TPSA) is 93.1 Å². The van der Waals surface area contributed by atoms with E-state index in [1.807, 2.05) is 17.1 Å². The van der Waals surface area contributed by atoms with Crippen molar-refractivity contribution in [3.63, 3.8) is 0 Å². The van der Waals surface area contributed by atoms with Crippen LogP contribution >= 0.6 is 11.3 Å². The monoisotopic (exact) mass is 494 g/mol. The molecule has 8 nitrogen and oxygen atoms in total. The molecule has 3 N–H and O–H groups in total. The SMILES string of the molecule is O=C(Nc1ncc(-c2cccc(N3CCCC3)c2)s1)c1cc(F)c(O)c(/C=N/N2CCNCC2)c1. The summed E-state index contributed by atoms with van der Waals surface area (Å²) >= 11 is 1.36. The molecule has 3 heterocycles. The largest absolute Gasteiger partial charge is 0.504 e. The third-order valence-corrected chi connectivity index (χ3v) is 7.10. The van der Waals surface area contributed by atoms with Crippen molar-refractivity contribution in [2.75, 3.05) is 49.5 Å². The normalized spacial score (nSPS) is 16.3. The third kappa shape index (κ3) is 5.44. The summed E-state index contributed by atoms with van der Waals surface area (Å²) in [6.07, 6.45) is 5.53. The minimum Gasteiger partial charge on any atom is -0.504 e. The molecule has 2 aliphatic rings. The number of hydrogen-bond donors (Lipinski definition) is 3. The zero-order valence-electron chi connectivity index (χ0n) is 19.2. The van der Waals surface area contributed by atoms with Crippen molar-refractivity contribution in [2.45, 2.75) is 12.8 Å². The number of aromatic hydroxyl groups is 1. The van der Waals surface area contributed by atoms with Gasteiger partial charge in [-0.1, -0.05) is 23.5 Å². The zero-order chi connectivity index (χ0) is 24.2. The van der Waals surface area contributed by atoms with E-state index < -0.39 is 17.5 Å². The van der Waals surface area contributed by atoms with Crippen molar-refractivity contribution in [1.29, 1.82) is 0 Å². The van der Waals surface area contributed by atoms with E-state index in [0.717, 1.165) is 42.7 Å². The van der Waals surface area contributed by atoms with E-state index in [2.05, 4.69) is 37.8 Å². The lowest BCUT2D eigenvalue weighted by molar-refractivity contribution is 0.102. The first-order valence-electron chi connectivity index (χ1n) is 11.7. The molecule has 0 spiro atoms. The fraction of sp³-hybridized carbons (Fsp3) is 0.320. The Balaban J connectivity index is 1.30. The van der Waals surface area contributed by atoms with Crippen molar-refractivity contribution >= 4 is 34.3 Å². The van der Waals surface area contributed by atoms with Gasteiger partial charge in [0.1, 0.15) is 0 Å². The predicted octanol–water partition coefficient (Wildman–Crippen LogP) is 3.75. The molecule has 3 aromatic rings. The molecule has 1 aromatic heterocycles. The highest BCUT2D eigenvalue weighted by Gasteiger charge is 2.17. The van der Waals surface area contributed by atoms with Gasteiger partial charge in [0.2, 0.25) is 0 Å². The molecule has 10 heteroatoms. The van der Waals surface area contributed by atoms with Crippen molar-refractivity contribution in [3.8, 4) is 16.2 Å². The Kier molecular flexibility index (Phi) is 6.91. The second-order valence-electron chi connectivity index (χ2n) is 8.57. The van der Waals surface area contributed by atoms with Crippen LogP contribution in [0.25, 0.3) is 10.4 Å². The van der Waals surface area contributed by atoms with Crippen LogP contribution in [0.15, 0.2) is 47.7 Å². The van der Waals surface area contributed by atoms with Crippen LogP contribution in [-0.4, -0.2) is 66.5 Å². The number of amides is 1. The second kappa shape index (κ2) is 10.4. The van der Waals surface area contributed by atoms with Crippen molar-refractivity contribution in [2.24, 2.45) is 5.10 Å². The smallest absolute Gasteiger partial charge is 0.257 e. The number of thiazole rings is 1. The molecule has 0 saturated carbocycles. The number of rotatable bonds is 6. The summed E-state index contributed by atoms with van der Waals surface area (Å²) in [4.78, 5) is 20.5. The number of carbonyl (C=O) groups excluding carboxylic acids is 1. The molecular formula is C25H27FN6O2S. The highest BCUT2D eigenvalue weighted by molar-refractivity contribution is 7.19. The number of hydrazone groups is 1. The second-order valence-corrected chi connectivity index (χ2v) is 9.60. The average Bonchev–Trinajstić information content (AvgIpc) is 3.58. The number of nitrogens with one attached hydrogen (secondary N) is 2. The van der Waals surface area contributed by atoms with Crippen LogP contribution in [0.2, 0.25) is 0 Å². The van der Waals surface area contributed by atoms with Gasteiger partial charge in [-0.3, -0.25) is 15.1 Å². The molecule has 0 bridgehead atoms. The van der Waals surface area contributed by atoms with Crippen molar-refractivity contribution in [3.05, 3.63) is 59.5 Å². The number of hydrogen-bond acceptors (Lipinski definition) is 8. The number of phenolic OH excluding ortho intramolecular Hbond substituents is 1. The van der Waals surface area contributed by atoms with Gasteiger partial charge in [0.05, 0.1) is 11.1 Å². The van der Waals surface area contributed by atoms with E-state index in [9.17, 15) is 14.3 Å². The van der Waals surface area contributed by atoms with Gasteiger partial charge in [-0.05, 0) is 42.7 Å². The maximum Gasteiger partial charge on any atom is 0.257 e. The van der Waals surface area contributed by atoms with E-state index in [-0.39, 0.29) is 11.1 Å². The Labute approximate surface area is 207 Å². The van der Waals surface area contributed by atoms with E-state index in [1.165, 1.54) is 42.1 Å². The number of nitrogens with zero attached hydrogens (tertiary/aromatic N) is 4. The predicted molar refractivity (Wildman–Crippen MR) is 137 cm³/mol. The van der Waals surface area contributed by atoms with E-state index in [0.29, 0.717) is 18.2 Å². The summed E-state index contributed by atoms with van der Waals surface area (Å²) in [5.74, 6) is -1.92. The number of halogens is 1. The Morgan fingerprint density at radius 3 is 2.77 bits per heavy atom. The Morgan fingerprint density at radius 1 is 1.17 bits per heavy atom. The number of aromatic nitrogens is 1. The van der Waals surface area contributed by atoms with Crippen LogP contribution in [0.5, 0.6) is 5.75 Å². The summed E-state index contributed by atoms with van der Waals surface area (Å²) < 4.78 is 14.4. The first-order chi connectivity index (χ1) is 17.1. The summed E-state index contributed by atoms with van der Waals surface area (Å²) in [5.41, 5.74) is 2.45. The third-order valence-electron chi connectivity index (χ3n) is 6.14. The van der Waals surface area contributed by atoms with E-state index in [1.54, 1.807) is 6.20 Å². The molecule has 0 aliphatic carbocycles. The summed E-state index contributed by atoms with van der Waals surface area (Å²) in [5, 5.41) is 22.6. The minimum atomic E-state index is -0.877. The maximum absolute atomic E-state index is 14.4. The van der Waals surface area contributed by atoms with Crippen LogP contribution in [0.1, 0.15) is 28.8 Å². The average molecular weight is 495 g/mol. The Bertz CT molecular complexity index is 1230. The molecule has 5 rings (SSSR count). The van der Waals surface area contributed by atoms with Gasteiger partial charge in [-0.25, -0.2) is 9.37 Å². The van der Waals surface area contributed by atoms with Gasteiger partial charge in [0, 0.05) is 62.3 Å². The van der Waals surface area contributed by atoms with Gasteiger partial charge in [0.25, 0.3) is 5.91 Å². The van der Waals surface area contributed by atoms with Crippen LogP contribution in [-0.2, 0) is 0 Å². The highest BCUT2D eigenvalue weighted by Crippen LogP contribution is 2.32. The van der Waals surface area contributed by atoms with Crippen molar-refractivity contribution < 1.29 is 14.3 Å². The van der Waals surface area contributed by atoms with Gasteiger partial charge in [-0.15, -0.1) is 0 Å². The molecule has 35 heavy (non-hydrogen) atoms. The summed E-state index contributed by atoms with van der Waals surface area (Å²) in [7, 11) is 0. The number of piperazine rings is 1. The van der Waals surface area contributed by atoms with Gasteiger partial charge < -0.3 is 15.3 Å². The molecule has 2 aliphatic heterocycles. The fourth-order valence-corrected chi connectivity index (χ4v) is 5.04. The van der Waals surface area contributed by atoms with Gasteiger partial charge in [-0.2, -0.15) is 5.10 Å². The quantitative estimate of drug-likeness (QED) is 0.452. The van der Waals surface area contributed by atoms with Gasteiger partial charge in [0.15, 0.2) is 16.7 Å². The number of carbonyl (C=O) groups is 1. The first-order valence-corrected chi connectivity index (χ1v) is 12.5. The summed E-state index contributed by atoms with van der Waals surface area (Å²) in [6, 6.07) is 10.8. The molecule has 0 unspecified atom stereocenters. The molecule has 182 valence electrons. The number of anilines is 2. The van der Waals surface area contributed by atoms with Crippen LogP contribution < -0.4 is 15.5 Å². The van der Waals surface area contributed by atoms with Crippen LogP contribution in [0.4, 0.5) is 15.2 Å². The maximum atomic E-state index is 14.4. The standard InChI is InChI=1S/C25H27FN6O2S/c26-21-14-18(12-19(23(21)33)15-29-32-10-6-27-7-11-32)24(34)30-25-28-16-22(35-25)17-4-3-5-20(13-17)31-8-1-2-9-31/h3-5,12-16,27,33H,1-2,6-11H2,(H,28,30,34)/b29-15+. The zero-order valence-corrected chi connectivity index (χ0v) is 20.0. The lowest BCUT2D eigenvalue weighted by Gasteiger charge is -2.24. The molecule has 1 amide bonds. The van der Waals surface area contributed by atoms with Crippen molar-refractivity contribution in [1.82, 2.24) is 15.3 Å². The molecule has 0 radical (unpaired) electrons. The first kappa shape index (κ1) is 23.3. The van der Waals surface area contributed by atoms with Crippen LogP contribution in [0, 0.1) is 5.82 Å². The number of phenols is 1. The summed E-state index contributed by atoms with van der Waals surface area (Å²) in [6.45, 7) is 5.18. The lowest BCUT2D eigenvalue weighted by Crippen LogP contribution is -2.40. The van der Waals surface area contributed by atoms with Gasteiger partial charge >= 0.3 is 0 Å². The van der Waals surface area contributed by atoms with Crippen LogP contribution in [0.3, 0.4) is 0 Å². The lowest BCUT2D eigenvalue weighted by atomic mass is 10.1. The minimum absolute atomic E-state index is 0.0786. The number of benzene rings is 2. The molecular weight excluding hydrogens is 467 g/mol. The molecule has 2 fully saturated rings. The molecule has 2 aromatic carbocycles. The fourth-order valence-electron chi connectivity index (χ4n) is 4.23. The molecule has 2 saturated heterocycles. The Hall–Kier alpha value is -3.50. The van der Waals surface area contributed by atoms with E-state index in [4.69, 9.17) is 0 Å². The highest BCUT2D eigenvalue weighted by atomic mass is 32.1. The van der Waals surface area contributed by atoms with E-state index >= 15 is 0 Å². The Morgan fingerprint density at radius 2 is 1.97 bits per heavy atom. The molecule has 0 atom stereocenters.